The Hall–Kier alpha value is -6.18. The van der Waals surface area contributed by atoms with Crippen molar-refractivity contribution in [3.63, 3.8) is 0 Å². The number of pyridine rings is 6. The average molecular weight is 711 g/mol. The minimum Gasteiger partial charge on any atom is -0.313 e. The third kappa shape index (κ3) is 7.18. The molecule has 2 unspecified atom stereocenters. The average Bonchev–Trinajstić information content (AvgIpc) is 3.88. The molecule has 14 heteroatoms. The van der Waals surface area contributed by atoms with Crippen LogP contribution in [0.4, 0.5) is 20.4 Å². The van der Waals surface area contributed by atoms with Crippen LogP contribution in [-0.4, -0.2) is 54.2 Å². The molecule has 2 N–H and O–H groups in total. The van der Waals surface area contributed by atoms with Gasteiger partial charge in [-0.1, -0.05) is 0 Å². The Morgan fingerprint density at radius 3 is 2.10 bits per heavy atom. The summed E-state index contributed by atoms with van der Waals surface area (Å²) in [5.41, 5.74) is 4.50. The fourth-order valence-electron chi connectivity index (χ4n) is 6.19. The maximum Gasteiger partial charge on any atom is 0.259 e. The second-order valence-electron chi connectivity index (χ2n) is 12.2. The molecule has 0 spiro atoms. The Morgan fingerprint density at radius 1 is 0.885 bits per heavy atom. The second kappa shape index (κ2) is 15.4. The zero-order valence-corrected chi connectivity index (χ0v) is 28.8. The molecule has 270 valence electrons. The van der Waals surface area contributed by atoms with Gasteiger partial charge in [0.2, 0.25) is 12.3 Å². The number of carbonyl (C=O) groups is 2. The Labute approximate surface area is 299 Å². The summed E-state index contributed by atoms with van der Waals surface area (Å²) < 4.78 is 27.1. The van der Waals surface area contributed by atoms with Crippen LogP contribution in [-0.2, 0) is 29.1 Å². The molecule has 7 rings (SSSR count). The van der Waals surface area contributed by atoms with Crippen LogP contribution in [0.3, 0.4) is 0 Å². The van der Waals surface area contributed by atoms with Gasteiger partial charge in [0.1, 0.15) is 17.8 Å². The number of carbonyl (C=O) groups excluding carboxylic acids is 2. The minimum absolute atomic E-state index is 0. The highest BCUT2D eigenvalue weighted by molar-refractivity contribution is 5.96. The van der Waals surface area contributed by atoms with E-state index in [0.717, 1.165) is 11.1 Å². The first-order valence-electron chi connectivity index (χ1n) is 16.8. The van der Waals surface area contributed by atoms with Gasteiger partial charge in [-0.2, -0.15) is 0 Å². The lowest BCUT2D eigenvalue weighted by Crippen LogP contribution is -2.25. The van der Waals surface area contributed by atoms with E-state index in [0.29, 0.717) is 69.3 Å². The fraction of sp³-hybridized carbons (Fsp3) is 0.263. The van der Waals surface area contributed by atoms with E-state index < -0.39 is 18.0 Å². The van der Waals surface area contributed by atoms with Crippen LogP contribution in [0.1, 0.15) is 34.2 Å². The van der Waals surface area contributed by atoms with Crippen molar-refractivity contribution in [2.24, 2.45) is 5.92 Å². The predicted octanol–water partition coefficient (Wildman–Crippen LogP) is 6.13. The van der Waals surface area contributed by atoms with E-state index in [1.54, 1.807) is 70.6 Å². The summed E-state index contributed by atoms with van der Waals surface area (Å²) in [5.74, 6) is -0.593. The molecule has 1 aliphatic carbocycles. The summed E-state index contributed by atoms with van der Waals surface area (Å²) >= 11 is 0. The van der Waals surface area contributed by atoms with Crippen LogP contribution in [0.2, 0.25) is 0 Å². The Morgan fingerprint density at radius 2 is 1.46 bits per heavy atom. The summed E-state index contributed by atoms with van der Waals surface area (Å²) in [6.07, 6.45) is 9.69. The Kier molecular flexibility index (Phi) is 10.5. The second-order valence-corrected chi connectivity index (χ2v) is 12.2. The normalized spacial score (nSPS) is 14.8. The van der Waals surface area contributed by atoms with Crippen molar-refractivity contribution in [3.05, 3.63) is 105 Å². The number of hydrogen-bond acceptors (Lipinski definition) is 8. The molecule has 1 saturated carbocycles. The van der Waals surface area contributed by atoms with Gasteiger partial charge in [-0.15, -0.1) is 0 Å². The standard InChI is InChI=1S/C36H31FN8O4.C2H5F.2H2/c1-3-44-30-13-32(42-19-46)40-15-22(30)11-25(35(44)48)28-18-39-8-5-21(28)6-9-45-31-14-33(43-34(47)26-12-29(26)37)41-16-23(31)10-24(36(45)49)27-17-38-7-4-20(27)2;1-2-3;;/h4-5,7-8,10-11,13-19,26,29H,3,6,9,12H2,1-2H3,(H,40,42,46)(H,41,43,47);2H2,1H3;2*1H. The number of hydrogen-bond donors (Lipinski definition) is 2. The summed E-state index contributed by atoms with van der Waals surface area (Å²) in [6, 6.07) is 10.5. The Bertz CT molecular complexity index is 2440. The number of fused-ring (bicyclic) bond motifs is 2. The van der Waals surface area contributed by atoms with Gasteiger partial charge in [-0.25, -0.2) is 14.4 Å². The molecule has 1 aliphatic rings. The van der Waals surface area contributed by atoms with Crippen molar-refractivity contribution < 1.29 is 21.2 Å². The molecule has 2 atom stereocenters. The number of amides is 2. The van der Waals surface area contributed by atoms with Gasteiger partial charge < -0.3 is 19.8 Å². The van der Waals surface area contributed by atoms with Crippen molar-refractivity contribution in [1.82, 2.24) is 29.1 Å². The van der Waals surface area contributed by atoms with Crippen LogP contribution < -0.4 is 21.8 Å². The molecule has 6 aromatic heterocycles. The zero-order valence-electron chi connectivity index (χ0n) is 28.8. The number of nitrogens with zero attached hydrogens (tertiary/aromatic N) is 6. The van der Waals surface area contributed by atoms with E-state index >= 15 is 0 Å². The van der Waals surface area contributed by atoms with Gasteiger partial charge in [0.05, 0.1) is 23.6 Å². The molecule has 0 aliphatic heterocycles. The fourth-order valence-corrected chi connectivity index (χ4v) is 6.19. The molecule has 0 saturated heterocycles. The van der Waals surface area contributed by atoms with Crippen LogP contribution in [0, 0.1) is 12.8 Å². The van der Waals surface area contributed by atoms with Gasteiger partial charge >= 0.3 is 0 Å². The number of alkyl halides is 2. The number of aromatic nitrogens is 6. The molecule has 1 fully saturated rings. The molecule has 52 heavy (non-hydrogen) atoms. The smallest absolute Gasteiger partial charge is 0.259 e. The van der Waals surface area contributed by atoms with Crippen molar-refractivity contribution >= 4 is 45.8 Å². The van der Waals surface area contributed by atoms with Crippen LogP contribution in [0.25, 0.3) is 44.1 Å². The first-order chi connectivity index (χ1) is 25.2. The first kappa shape index (κ1) is 35.6. The van der Waals surface area contributed by atoms with E-state index in [9.17, 15) is 28.0 Å². The predicted molar refractivity (Wildman–Crippen MR) is 200 cm³/mol. The van der Waals surface area contributed by atoms with Crippen molar-refractivity contribution in [2.45, 2.75) is 52.9 Å². The van der Waals surface area contributed by atoms with Gasteiger partial charge in [-0.3, -0.25) is 33.5 Å². The molecule has 6 aromatic rings. The molecule has 6 heterocycles. The number of nitrogens with one attached hydrogen (secondary N) is 2. The number of rotatable bonds is 10. The highest BCUT2D eigenvalue weighted by atomic mass is 19.1. The van der Waals surface area contributed by atoms with E-state index in [2.05, 4.69) is 30.6 Å². The minimum atomic E-state index is -1.16. The SMILES string of the molecule is CCF.CCn1c(=O)c(-c2cnccc2CCn2c(=O)c(-c3cnccc3C)cc3cnc(NC(=O)C4CC4F)cc32)cc2cnc(NC=O)cc21.[HH].[HH]. The molecular weight excluding hydrogens is 670 g/mol. The van der Waals surface area contributed by atoms with Crippen molar-refractivity contribution in [3.8, 4) is 22.3 Å². The van der Waals surface area contributed by atoms with Gasteiger partial charge in [0.25, 0.3) is 11.1 Å². The largest absolute Gasteiger partial charge is 0.313 e. The number of halogens is 2. The number of anilines is 2. The maximum absolute atomic E-state index is 14.2. The summed E-state index contributed by atoms with van der Waals surface area (Å²) in [6.45, 7) is 5.57. The quantitative estimate of drug-likeness (QED) is 0.161. The molecule has 0 bridgehead atoms. The highest BCUT2D eigenvalue weighted by Crippen LogP contribution is 2.35. The summed E-state index contributed by atoms with van der Waals surface area (Å²) in [4.78, 5) is 68.9. The molecule has 12 nitrogen and oxygen atoms in total. The topological polar surface area (TPSA) is 154 Å². The monoisotopic (exact) mass is 710 g/mol. The van der Waals surface area contributed by atoms with Gasteiger partial charge in [-0.05, 0) is 69.0 Å². The molecule has 0 radical (unpaired) electrons. The maximum atomic E-state index is 14.2. The van der Waals surface area contributed by atoms with E-state index in [4.69, 9.17) is 0 Å². The molecular formula is C38H40F2N8O4. The van der Waals surface area contributed by atoms with E-state index in [-0.39, 0.29) is 39.4 Å². The van der Waals surface area contributed by atoms with Crippen LogP contribution in [0.15, 0.2) is 83.2 Å². The molecule has 2 amide bonds. The van der Waals surface area contributed by atoms with Crippen LogP contribution in [0.5, 0.6) is 0 Å². The Balaban J connectivity index is 0.00000126. The lowest BCUT2D eigenvalue weighted by molar-refractivity contribution is -0.117. The zero-order chi connectivity index (χ0) is 36.9. The lowest BCUT2D eigenvalue weighted by Gasteiger charge is -2.17. The van der Waals surface area contributed by atoms with Gasteiger partial charge in [0, 0.05) is 98.3 Å². The summed E-state index contributed by atoms with van der Waals surface area (Å²) in [7, 11) is 0. The number of aryl methyl sites for hydroxylation is 4. The third-order valence-electron chi connectivity index (χ3n) is 8.92. The molecule has 0 aromatic carbocycles. The van der Waals surface area contributed by atoms with Gasteiger partial charge in [0.15, 0.2) is 0 Å². The van der Waals surface area contributed by atoms with Crippen molar-refractivity contribution in [1.29, 1.82) is 0 Å². The van der Waals surface area contributed by atoms with E-state index in [1.165, 1.54) is 6.92 Å². The van der Waals surface area contributed by atoms with Crippen molar-refractivity contribution in [2.75, 3.05) is 17.3 Å². The third-order valence-corrected chi connectivity index (χ3v) is 8.92. The van der Waals surface area contributed by atoms with E-state index in [1.807, 2.05) is 26.0 Å². The highest BCUT2D eigenvalue weighted by Gasteiger charge is 2.43. The lowest BCUT2D eigenvalue weighted by atomic mass is 9.99. The first-order valence-corrected chi connectivity index (χ1v) is 16.8. The summed E-state index contributed by atoms with van der Waals surface area (Å²) in [5, 5.41) is 6.58. The van der Waals surface area contributed by atoms with Crippen LogP contribution >= 0.6 is 0 Å².